The van der Waals surface area contributed by atoms with Crippen molar-refractivity contribution in [2.24, 2.45) is 0 Å². The fourth-order valence-corrected chi connectivity index (χ4v) is 3.91. The van der Waals surface area contributed by atoms with Gasteiger partial charge in [-0.15, -0.1) is 0 Å². The first-order chi connectivity index (χ1) is 14.8. The number of nitrogens with one attached hydrogen (secondary N) is 1. The van der Waals surface area contributed by atoms with Crippen molar-refractivity contribution in [1.82, 2.24) is 19.9 Å². The molecule has 3 aromatic heterocycles. The van der Waals surface area contributed by atoms with Crippen LogP contribution >= 0.6 is 0 Å². The lowest BCUT2D eigenvalue weighted by molar-refractivity contribution is 0.0955. The molecule has 0 unspecified atom stereocenters. The first kappa shape index (κ1) is 20.7. The van der Waals surface area contributed by atoms with E-state index in [1.54, 1.807) is 30.6 Å². The fourth-order valence-electron chi connectivity index (χ4n) is 3.29. The molecule has 1 N–H and O–H groups in total. The van der Waals surface area contributed by atoms with Crippen LogP contribution in [0.15, 0.2) is 72.3 Å². The fraction of sp³-hybridized carbons (Fsp3) is 0.136. The molecule has 4 rings (SSSR count). The number of hydrogen-bond donors (Lipinski definition) is 1. The summed E-state index contributed by atoms with van der Waals surface area (Å²) in [7, 11) is -3.39. The molecular weight excluding hydrogens is 419 g/mol. The topological polar surface area (TPSA) is 94.0 Å². The number of aromatic nitrogens is 3. The van der Waals surface area contributed by atoms with E-state index in [4.69, 9.17) is 0 Å². The average molecular weight is 438 g/mol. The maximum atomic E-state index is 13.2. The minimum atomic E-state index is -3.39. The lowest BCUT2D eigenvalue weighted by Gasteiger charge is -2.08. The van der Waals surface area contributed by atoms with E-state index in [2.05, 4.69) is 15.3 Å². The summed E-state index contributed by atoms with van der Waals surface area (Å²) < 4.78 is 38.3. The number of amides is 1. The van der Waals surface area contributed by atoms with E-state index in [9.17, 15) is 17.6 Å². The van der Waals surface area contributed by atoms with Gasteiger partial charge in [0, 0.05) is 42.5 Å². The van der Waals surface area contributed by atoms with Crippen molar-refractivity contribution in [1.29, 1.82) is 0 Å². The molecule has 1 aromatic carbocycles. The average Bonchev–Trinajstić information content (AvgIpc) is 3.18. The van der Waals surface area contributed by atoms with Crippen LogP contribution < -0.4 is 5.32 Å². The molecule has 158 valence electrons. The van der Waals surface area contributed by atoms with Gasteiger partial charge in [0.2, 0.25) is 0 Å². The quantitative estimate of drug-likeness (QED) is 0.500. The predicted octanol–water partition coefficient (Wildman–Crippen LogP) is 2.94. The van der Waals surface area contributed by atoms with Gasteiger partial charge in [-0.3, -0.25) is 9.78 Å². The first-order valence-electron chi connectivity index (χ1n) is 9.47. The van der Waals surface area contributed by atoms with E-state index in [0.29, 0.717) is 18.5 Å². The molecule has 0 atom stereocenters. The van der Waals surface area contributed by atoms with Crippen LogP contribution in [0.2, 0.25) is 0 Å². The standard InChI is InChI=1S/C22H19FN4O3S/c1-31(29,30)21-12-15(6-9-25-21)7-10-26-22(28)19-13-24-14-20-18(19)8-11-27(20)17-4-2-16(23)3-5-17/h2-6,8-9,11-14H,7,10H2,1H3,(H,26,28). The molecule has 0 radical (unpaired) electrons. The Morgan fingerprint density at radius 1 is 1.13 bits per heavy atom. The van der Waals surface area contributed by atoms with Crippen molar-refractivity contribution in [2.75, 3.05) is 12.8 Å². The normalized spacial score (nSPS) is 11.5. The second-order valence-corrected chi connectivity index (χ2v) is 9.03. The zero-order chi connectivity index (χ0) is 22.0. The molecule has 0 saturated carbocycles. The van der Waals surface area contributed by atoms with E-state index in [-0.39, 0.29) is 16.8 Å². The van der Waals surface area contributed by atoms with Gasteiger partial charge in [-0.25, -0.2) is 17.8 Å². The Labute approximate surface area is 178 Å². The maximum absolute atomic E-state index is 13.2. The highest BCUT2D eigenvalue weighted by Gasteiger charge is 2.14. The lowest BCUT2D eigenvalue weighted by Crippen LogP contribution is -2.26. The monoisotopic (exact) mass is 438 g/mol. The summed E-state index contributed by atoms with van der Waals surface area (Å²) in [5.41, 5.74) is 2.67. The van der Waals surface area contributed by atoms with Crippen LogP contribution in [-0.4, -0.2) is 41.7 Å². The minimum Gasteiger partial charge on any atom is -0.352 e. The summed E-state index contributed by atoms with van der Waals surface area (Å²) in [5, 5.41) is 3.58. The Kier molecular flexibility index (Phi) is 5.51. The third-order valence-corrected chi connectivity index (χ3v) is 5.83. The van der Waals surface area contributed by atoms with E-state index < -0.39 is 9.84 Å². The Hall–Kier alpha value is -3.59. The van der Waals surface area contributed by atoms with Gasteiger partial charge in [0.1, 0.15) is 5.82 Å². The highest BCUT2D eigenvalue weighted by Crippen LogP contribution is 2.23. The van der Waals surface area contributed by atoms with Gasteiger partial charge in [0.25, 0.3) is 5.91 Å². The summed E-state index contributed by atoms with van der Waals surface area (Å²) in [6.07, 6.45) is 7.96. The molecule has 1 amide bonds. The van der Waals surface area contributed by atoms with Gasteiger partial charge in [0.15, 0.2) is 14.9 Å². The SMILES string of the molecule is CS(=O)(=O)c1cc(CCNC(=O)c2cncc3c2ccn3-c2ccc(F)cc2)ccn1. The molecule has 0 spiro atoms. The highest BCUT2D eigenvalue weighted by atomic mass is 32.2. The maximum Gasteiger partial charge on any atom is 0.253 e. The van der Waals surface area contributed by atoms with Crippen LogP contribution in [0.25, 0.3) is 16.6 Å². The molecule has 7 nitrogen and oxygen atoms in total. The third kappa shape index (κ3) is 4.46. The summed E-state index contributed by atoms with van der Waals surface area (Å²) in [6.45, 7) is 0.321. The molecule has 9 heteroatoms. The van der Waals surface area contributed by atoms with Gasteiger partial charge >= 0.3 is 0 Å². The lowest BCUT2D eigenvalue weighted by atomic mass is 10.1. The molecule has 4 aromatic rings. The number of sulfone groups is 1. The largest absolute Gasteiger partial charge is 0.352 e. The van der Waals surface area contributed by atoms with Crippen LogP contribution in [0.3, 0.4) is 0 Å². The number of carbonyl (C=O) groups excluding carboxylic acids is 1. The summed E-state index contributed by atoms with van der Waals surface area (Å²) in [5.74, 6) is -0.608. The van der Waals surface area contributed by atoms with Crippen molar-refractivity contribution in [2.45, 2.75) is 11.4 Å². The molecule has 0 aliphatic rings. The number of fused-ring (bicyclic) bond motifs is 1. The van der Waals surface area contributed by atoms with Gasteiger partial charge < -0.3 is 9.88 Å². The Balaban J connectivity index is 1.50. The van der Waals surface area contributed by atoms with E-state index >= 15 is 0 Å². The van der Waals surface area contributed by atoms with Gasteiger partial charge in [-0.05, 0) is 54.4 Å². The summed E-state index contributed by atoms with van der Waals surface area (Å²) >= 11 is 0. The molecular formula is C22H19FN4O3S. The number of rotatable bonds is 6. The second-order valence-electron chi connectivity index (χ2n) is 7.06. The van der Waals surface area contributed by atoms with Gasteiger partial charge in [0.05, 0.1) is 17.3 Å². The zero-order valence-electron chi connectivity index (χ0n) is 16.6. The van der Waals surface area contributed by atoms with Crippen molar-refractivity contribution >= 4 is 26.6 Å². The zero-order valence-corrected chi connectivity index (χ0v) is 17.4. The Morgan fingerprint density at radius 3 is 2.65 bits per heavy atom. The van der Waals surface area contributed by atoms with Crippen LogP contribution in [-0.2, 0) is 16.3 Å². The Morgan fingerprint density at radius 2 is 1.90 bits per heavy atom. The third-order valence-electron chi connectivity index (χ3n) is 4.84. The minimum absolute atomic E-state index is 0.00688. The van der Waals surface area contributed by atoms with E-state index in [1.807, 2.05) is 10.6 Å². The number of halogens is 1. The van der Waals surface area contributed by atoms with Gasteiger partial charge in [-0.1, -0.05) is 0 Å². The number of carbonyl (C=O) groups is 1. The van der Waals surface area contributed by atoms with Crippen molar-refractivity contribution < 1.29 is 17.6 Å². The van der Waals surface area contributed by atoms with Gasteiger partial charge in [-0.2, -0.15) is 0 Å². The smallest absolute Gasteiger partial charge is 0.253 e. The molecule has 0 saturated heterocycles. The van der Waals surface area contributed by atoms with Crippen molar-refractivity contribution in [3.8, 4) is 5.69 Å². The van der Waals surface area contributed by atoms with E-state index in [1.165, 1.54) is 30.6 Å². The van der Waals surface area contributed by atoms with Crippen LogP contribution in [0, 0.1) is 5.82 Å². The number of benzene rings is 1. The van der Waals surface area contributed by atoms with Crippen LogP contribution in [0.1, 0.15) is 15.9 Å². The second kappa shape index (κ2) is 8.27. The molecule has 0 aliphatic carbocycles. The molecule has 0 fully saturated rings. The van der Waals surface area contributed by atoms with Crippen molar-refractivity contribution in [3.05, 3.63) is 84.2 Å². The summed E-state index contributed by atoms with van der Waals surface area (Å²) in [6, 6.07) is 11.1. The highest BCUT2D eigenvalue weighted by molar-refractivity contribution is 7.90. The van der Waals surface area contributed by atoms with E-state index in [0.717, 1.165) is 28.4 Å². The predicted molar refractivity (Wildman–Crippen MR) is 114 cm³/mol. The van der Waals surface area contributed by atoms with Crippen LogP contribution in [0.4, 0.5) is 4.39 Å². The molecule has 0 aliphatic heterocycles. The van der Waals surface area contributed by atoms with Crippen molar-refractivity contribution in [3.63, 3.8) is 0 Å². The molecule has 3 heterocycles. The number of hydrogen-bond acceptors (Lipinski definition) is 5. The van der Waals surface area contributed by atoms with Crippen LogP contribution in [0.5, 0.6) is 0 Å². The molecule has 0 bridgehead atoms. The molecule has 31 heavy (non-hydrogen) atoms. The Bertz CT molecular complexity index is 1370. The number of pyridine rings is 2. The number of nitrogens with zero attached hydrogens (tertiary/aromatic N) is 3. The first-order valence-corrected chi connectivity index (χ1v) is 11.4. The summed E-state index contributed by atoms with van der Waals surface area (Å²) in [4.78, 5) is 20.8.